The highest BCUT2D eigenvalue weighted by molar-refractivity contribution is 5.98. The van der Waals surface area contributed by atoms with Gasteiger partial charge in [-0.1, -0.05) is 84.0 Å². The van der Waals surface area contributed by atoms with Gasteiger partial charge in [0.15, 0.2) is 0 Å². The van der Waals surface area contributed by atoms with Crippen LogP contribution in [0.4, 0.5) is 0 Å². The first-order valence-corrected chi connectivity index (χ1v) is 15.1. The number of likely N-dealkylation sites (tertiary alicyclic amines) is 2. The maximum Gasteiger partial charge on any atom is 0.124 e. The minimum Gasteiger partial charge on any atom is -0.341 e. The fourth-order valence-corrected chi connectivity index (χ4v) is 5.83. The van der Waals surface area contributed by atoms with E-state index in [1.54, 1.807) is 0 Å². The fraction of sp³-hybridized carbons (Fsp3) is 0.500. The minimum atomic E-state index is 0.417. The van der Waals surface area contributed by atoms with Gasteiger partial charge < -0.3 is 9.88 Å². The highest BCUT2D eigenvalue weighted by Crippen LogP contribution is 2.34. The number of aromatic nitrogens is 2. The summed E-state index contributed by atoms with van der Waals surface area (Å²) in [7, 11) is 4.46. The summed E-state index contributed by atoms with van der Waals surface area (Å²) < 4.78 is 0. The van der Waals surface area contributed by atoms with Crippen molar-refractivity contribution >= 4 is 21.8 Å². The van der Waals surface area contributed by atoms with Crippen LogP contribution in [0.3, 0.4) is 0 Å². The lowest BCUT2D eigenvalue weighted by Gasteiger charge is -2.19. The maximum atomic E-state index is 4.91. The van der Waals surface area contributed by atoms with Crippen LogP contribution >= 0.6 is 0 Å². The van der Waals surface area contributed by atoms with Crippen LogP contribution in [0.25, 0.3) is 32.9 Å². The second-order valence-electron chi connectivity index (χ2n) is 9.83. The number of fused-ring (bicyclic) bond motifs is 2. The van der Waals surface area contributed by atoms with Gasteiger partial charge in [-0.15, -0.1) is 0 Å². The van der Waals surface area contributed by atoms with Crippen molar-refractivity contribution in [3.8, 4) is 11.1 Å². The average Bonchev–Trinajstić information content (AvgIpc) is 3.71. The minimum absolute atomic E-state index is 0.417. The maximum absolute atomic E-state index is 4.91. The van der Waals surface area contributed by atoms with Crippen LogP contribution in [0.5, 0.6) is 0 Å². The zero-order chi connectivity index (χ0) is 27.7. The second kappa shape index (κ2) is 14.5. The third kappa shape index (κ3) is 6.47. The fourth-order valence-electron chi connectivity index (χ4n) is 5.83. The van der Waals surface area contributed by atoms with E-state index in [1.165, 1.54) is 59.7 Å². The van der Waals surface area contributed by atoms with Gasteiger partial charge in [-0.05, 0) is 98.9 Å². The van der Waals surface area contributed by atoms with Crippen LogP contribution in [-0.2, 0) is 6.42 Å². The Morgan fingerprint density at radius 2 is 1.55 bits per heavy atom. The SMILES string of the molecule is CC.CC.CC.CN1CCCC1Cc1ccc2c(-c3ccc4nc(C5CCCN5C)[nH]c4c3)cccc2c1. The molecular weight excluding hydrogens is 464 g/mol. The highest BCUT2D eigenvalue weighted by atomic mass is 15.2. The number of H-pyrrole nitrogens is 1. The predicted molar refractivity (Wildman–Crippen MR) is 167 cm³/mol. The zero-order valence-electron chi connectivity index (χ0n) is 25.1. The number of imidazole rings is 1. The van der Waals surface area contributed by atoms with E-state index in [4.69, 9.17) is 4.98 Å². The van der Waals surface area contributed by atoms with Gasteiger partial charge in [-0.2, -0.15) is 0 Å². The summed E-state index contributed by atoms with van der Waals surface area (Å²) in [6.07, 6.45) is 6.23. The van der Waals surface area contributed by atoms with E-state index in [-0.39, 0.29) is 0 Å². The molecule has 2 aliphatic rings. The van der Waals surface area contributed by atoms with Crippen molar-refractivity contribution in [3.05, 3.63) is 66.0 Å². The lowest BCUT2D eigenvalue weighted by atomic mass is 9.95. The largest absolute Gasteiger partial charge is 0.341 e. The summed E-state index contributed by atoms with van der Waals surface area (Å²) in [6, 6.07) is 21.5. The first-order valence-electron chi connectivity index (χ1n) is 15.1. The number of nitrogens with one attached hydrogen (secondary N) is 1. The van der Waals surface area contributed by atoms with Gasteiger partial charge in [0.1, 0.15) is 5.82 Å². The molecule has 0 aliphatic carbocycles. The van der Waals surface area contributed by atoms with Crippen LogP contribution in [0.15, 0.2) is 54.6 Å². The van der Waals surface area contributed by atoms with E-state index in [1.807, 2.05) is 41.5 Å². The monoisotopic (exact) mass is 514 g/mol. The molecule has 2 fully saturated rings. The summed E-state index contributed by atoms with van der Waals surface area (Å²) in [6.45, 7) is 14.4. The Morgan fingerprint density at radius 1 is 0.816 bits per heavy atom. The molecule has 2 saturated heterocycles. The predicted octanol–water partition coefficient (Wildman–Crippen LogP) is 8.87. The first-order chi connectivity index (χ1) is 18.7. The molecule has 0 radical (unpaired) electrons. The molecule has 4 nitrogen and oxygen atoms in total. The Hall–Kier alpha value is -2.69. The van der Waals surface area contributed by atoms with Crippen molar-refractivity contribution in [3.63, 3.8) is 0 Å². The van der Waals surface area contributed by atoms with Gasteiger partial charge in [-0.3, -0.25) is 4.90 Å². The van der Waals surface area contributed by atoms with Crippen molar-refractivity contribution in [2.24, 2.45) is 0 Å². The Kier molecular flexibility index (Phi) is 11.4. The molecule has 0 amide bonds. The van der Waals surface area contributed by atoms with Crippen molar-refractivity contribution < 1.29 is 0 Å². The highest BCUT2D eigenvalue weighted by Gasteiger charge is 2.25. The molecule has 2 aliphatic heterocycles. The van der Waals surface area contributed by atoms with Crippen LogP contribution in [0.1, 0.15) is 84.7 Å². The van der Waals surface area contributed by atoms with Crippen molar-refractivity contribution in [1.29, 1.82) is 0 Å². The van der Waals surface area contributed by atoms with Gasteiger partial charge in [0, 0.05) is 6.04 Å². The molecular formula is C34H50N4. The molecule has 4 heteroatoms. The topological polar surface area (TPSA) is 35.2 Å². The number of likely N-dealkylation sites (N-methyl/N-ethyl adjacent to an activating group) is 1. The van der Waals surface area contributed by atoms with Gasteiger partial charge in [-0.25, -0.2) is 4.98 Å². The summed E-state index contributed by atoms with van der Waals surface area (Å²) in [5, 5.41) is 2.66. The average molecular weight is 515 g/mol. The first kappa shape index (κ1) is 29.9. The van der Waals surface area contributed by atoms with Gasteiger partial charge in [0.25, 0.3) is 0 Å². The van der Waals surface area contributed by atoms with Crippen molar-refractivity contribution in [2.45, 2.75) is 85.7 Å². The van der Waals surface area contributed by atoms with Crippen LogP contribution in [0.2, 0.25) is 0 Å². The van der Waals surface area contributed by atoms with E-state index >= 15 is 0 Å². The Labute approximate surface area is 231 Å². The van der Waals surface area contributed by atoms with Crippen molar-refractivity contribution in [2.75, 3.05) is 27.2 Å². The molecule has 2 unspecified atom stereocenters. The van der Waals surface area contributed by atoms with Crippen LogP contribution in [-0.4, -0.2) is 53.0 Å². The molecule has 4 aromatic rings. The normalized spacial score (nSPS) is 19.4. The lowest BCUT2D eigenvalue weighted by molar-refractivity contribution is 0.307. The third-order valence-electron chi connectivity index (χ3n) is 7.73. The molecule has 0 saturated carbocycles. The summed E-state index contributed by atoms with van der Waals surface area (Å²) in [5.74, 6) is 1.11. The third-order valence-corrected chi connectivity index (χ3v) is 7.73. The molecule has 0 bridgehead atoms. The standard InChI is InChI=1S/C28H32N4.3C2H6/c1-31-14-4-7-22(31)17-19-10-12-24-20(16-19)6-3-8-23(24)21-11-13-25-26(18-21)30-28(29-25)27-9-5-15-32(27)2;3*1-2/h3,6,8,10-13,16,18,22,27H,4-5,7,9,14-15,17H2,1-2H3,(H,29,30);3*1-2H3. The van der Waals surface area contributed by atoms with Crippen LogP contribution < -0.4 is 0 Å². The molecule has 0 spiro atoms. The summed E-state index contributed by atoms with van der Waals surface area (Å²) >= 11 is 0. The van der Waals surface area contributed by atoms with Crippen LogP contribution in [0, 0.1) is 0 Å². The van der Waals surface area contributed by atoms with E-state index in [0.29, 0.717) is 12.1 Å². The molecule has 1 aromatic heterocycles. The van der Waals surface area contributed by atoms with Gasteiger partial charge in [0.05, 0.1) is 17.1 Å². The summed E-state index contributed by atoms with van der Waals surface area (Å²) in [4.78, 5) is 13.4. The lowest BCUT2D eigenvalue weighted by Crippen LogP contribution is -2.26. The zero-order valence-corrected chi connectivity index (χ0v) is 25.1. The number of rotatable bonds is 4. The molecule has 1 N–H and O–H groups in total. The molecule has 38 heavy (non-hydrogen) atoms. The van der Waals surface area contributed by atoms with E-state index in [2.05, 4.69) is 83.5 Å². The number of hydrogen-bond acceptors (Lipinski definition) is 3. The molecule has 206 valence electrons. The van der Waals surface area contributed by atoms with E-state index in [0.717, 1.165) is 29.8 Å². The Morgan fingerprint density at radius 3 is 2.24 bits per heavy atom. The quantitative estimate of drug-likeness (QED) is 0.295. The second-order valence-corrected chi connectivity index (χ2v) is 9.83. The Bertz CT molecular complexity index is 1270. The van der Waals surface area contributed by atoms with E-state index in [9.17, 15) is 0 Å². The number of aromatic amines is 1. The number of benzene rings is 3. The Balaban J connectivity index is 0.000000625. The van der Waals surface area contributed by atoms with E-state index < -0.39 is 0 Å². The van der Waals surface area contributed by atoms with Gasteiger partial charge >= 0.3 is 0 Å². The molecule has 6 rings (SSSR count). The molecule has 2 atom stereocenters. The molecule has 3 aromatic carbocycles. The number of nitrogens with zero attached hydrogens (tertiary/aromatic N) is 3. The van der Waals surface area contributed by atoms with Gasteiger partial charge in [0.2, 0.25) is 0 Å². The van der Waals surface area contributed by atoms with Crippen molar-refractivity contribution in [1.82, 2.24) is 19.8 Å². The number of hydrogen-bond donors (Lipinski definition) is 1. The molecule has 3 heterocycles. The summed E-state index contributed by atoms with van der Waals surface area (Å²) in [5.41, 5.74) is 6.19. The smallest absolute Gasteiger partial charge is 0.124 e.